The van der Waals surface area contributed by atoms with Gasteiger partial charge in [0.2, 0.25) is 0 Å². The second-order valence-electron chi connectivity index (χ2n) is 4.05. The van der Waals surface area contributed by atoms with Gasteiger partial charge in [0.05, 0.1) is 6.61 Å². The number of nitrogens with one attached hydrogen (secondary N) is 1. The van der Waals surface area contributed by atoms with E-state index in [1.54, 1.807) is 14.2 Å². The van der Waals surface area contributed by atoms with Crippen LogP contribution in [0.4, 0.5) is 0 Å². The van der Waals surface area contributed by atoms with Crippen molar-refractivity contribution in [2.24, 2.45) is 0 Å². The fourth-order valence-corrected chi connectivity index (χ4v) is 1.79. The fourth-order valence-electron chi connectivity index (χ4n) is 1.79. The average molecular weight is 237 g/mol. The predicted octanol–water partition coefficient (Wildman–Crippen LogP) is 2.00. The Kier molecular flexibility index (Phi) is 7.63. The van der Waals surface area contributed by atoms with Crippen LogP contribution >= 0.6 is 0 Å². The van der Waals surface area contributed by atoms with Crippen molar-refractivity contribution >= 4 is 0 Å². The average Bonchev–Trinajstić information content (AvgIpc) is 2.36. The highest BCUT2D eigenvalue weighted by atomic mass is 16.5. The summed E-state index contributed by atoms with van der Waals surface area (Å²) in [5, 5.41) is 3.42. The van der Waals surface area contributed by atoms with E-state index in [0.717, 1.165) is 32.5 Å². The molecule has 0 saturated heterocycles. The monoisotopic (exact) mass is 237 g/mol. The van der Waals surface area contributed by atoms with Gasteiger partial charge in [0.15, 0.2) is 0 Å². The van der Waals surface area contributed by atoms with Crippen LogP contribution < -0.4 is 5.32 Å². The summed E-state index contributed by atoms with van der Waals surface area (Å²) in [4.78, 5) is 0. The van der Waals surface area contributed by atoms with Crippen LogP contribution in [-0.4, -0.2) is 33.9 Å². The van der Waals surface area contributed by atoms with E-state index in [4.69, 9.17) is 9.47 Å². The molecule has 17 heavy (non-hydrogen) atoms. The molecule has 0 saturated carbocycles. The van der Waals surface area contributed by atoms with E-state index in [1.807, 2.05) is 0 Å². The van der Waals surface area contributed by atoms with Crippen LogP contribution in [0.15, 0.2) is 24.3 Å². The second-order valence-corrected chi connectivity index (χ2v) is 4.05. The first-order valence-electron chi connectivity index (χ1n) is 6.14. The maximum absolute atomic E-state index is 5.19. The maximum Gasteiger partial charge on any atom is 0.0715 e. The molecule has 0 atom stereocenters. The number of benzene rings is 1. The Morgan fingerprint density at radius 2 is 1.76 bits per heavy atom. The van der Waals surface area contributed by atoms with Gasteiger partial charge in [-0.15, -0.1) is 0 Å². The molecule has 1 N–H and O–H groups in total. The van der Waals surface area contributed by atoms with Crippen LogP contribution in [0.25, 0.3) is 0 Å². The Morgan fingerprint density at radius 3 is 2.47 bits per heavy atom. The minimum Gasteiger partial charge on any atom is -0.385 e. The molecule has 3 heteroatoms. The molecule has 0 aromatic heterocycles. The fraction of sp³-hybridized carbons (Fsp3) is 0.571. The van der Waals surface area contributed by atoms with Crippen molar-refractivity contribution < 1.29 is 9.47 Å². The Morgan fingerprint density at radius 1 is 1.00 bits per heavy atom. The van der Waals surface area contributed by atoms with E-state index in [1.165, 1.54) is 11.1 Å². The standard InChI is InChI=1S/C14H23NO2/c1-16-11-5-9-15-10-8-13-6-3-4-7-14(13)12-17-2/h3-4,6-7,15H,5,8-12H2,1-2H3. The van der Waals surface area contributed by atoms with Gasteiger partial charge in [-0.2, -0.15) is 0 Å². The molecule has 0 fully saturated rings. The van der Waals surface area contributed by atoms with Crippen LogP contribution in [0.2, 0.25) is 0 Å². The lowest BCUT2D eigenvalue weighted by Gasteiger charge is -2.09. The highest BCUT2D eigenvalue weighted by molar-refractivity contribution is 5.26. The summed E-state index contributed by atoms with van der Waals surface area (Å²) in [5.74, 6) is 0. The summed E-state index contributed by atoms with van der Waals surface area (Å²) in [7, 11) is 3.47. The van der Waals surface area contributed by atoms with E-state index in [9.17, 15) is 0 Å². The van der Waals surface area contributed by atoms with E-state index in [2.05, 4.69) is 29.6 Å². The van der Waals surface area contributed by atoms with Gasteiger partial charge in [-0.25, -0.2) is 0 Å². The third-order valence-corrected chi connectivity index (χ3v) is 2.69. The minimum atomic E-state index is 0.694. The molecule has 0 aliphatic carbocycles. The van der Waals surface area contributed by atoms with Crippen molar-refractivity contribution in [3.05, 3.63) is 35.4 Å². The molecule has 0 bridgehead atoms. The van der Waals surface area contributed by atoms with Crippen molar-refractivity contribution in [1.82, 2.24) is 5.32 Å². The number of hydrogen-bond acceptors (Lipinski definition) is 3. The zero-order valence-corrected chi connectivity index (χ0v) is 10.9. The topological polar surface area (TPSA) is 30.5 Å². The molecule has 3 nitrogen and oxygen atoms in total. The van der Waals surface area contributed by atoms with Crippen molar-refractivity contribution in [2.45, 2.75) is 19.4 Å². The minimum absolute atomic E-state index is 0.694. The summed E-state index contributed by atoms with van der Waals surface area (Å²) in [6.07, 6.45) is 2.11. The third kappa shape index (κ3) is 5.82. The van der Waals surface area contributed by atoms with Crippen molar-refractivity contribution in [3.63, 3.8) is 0 Å². The van der Waals surface area contributed by atoms with E-state index >= 15 is 0 Å². The van der Waals surface area contributed by atoms with Gasteiger partial charge in [0.25, 0.3) is 0 Å². The number of ether oxygens (including phenoxy) is 2. The molecule has 0 amide bonds. The predicted molar refractivity (Wildman–Crippen MR) is 70.2 cm³/mol. The summed E-state index contributed by atoms with van der Waals surface area (Å²) in [6, 6.07) is 8.44. The Labute approximate surface area is 104 Å². The van der Waals surface area contributed by atoms with Gasteiger partial charge in [0, 0.05) is 20.8 Å². The third-order valence-electron chi connectivity index (χ3n) is 2.69. The molecular formula is C14H23NO2. The lowest BCUT2D eigenvalue weighted by Crippen LogP contribution is -2.20. The molecule has 96 valence electrons. The molecule has 0 radical (unpaired) electrons. The summed E-state index contributed by atoms with van der Waals surface area (Å²) in [6.45, 7) is 3.54. The molecule has 0 heterocycles. The number of methoxy groups -OCH3 is 2. The van der Waals surface area contributed by atoms with Gasteiger partial charge in [-0.05, 0) is 37.1 Å². The second kappa shape index (κ2) is 9.16. The number of rotatable bonds is 9. The first kappa shape index (κ1) is 14.2. The number of hydrogen-bond donors (Lipinski definition) is 1. The first-order valence-corrected chi connectivity index (χ1v) is 6.14. The van der Waals surface area contributed by atoms with Gasteiger partial charge in [0.1, 0.15) is 0 Å². The molecular weight excluding hydrogens is 214 g/mol. The van der Waals surface area contributed by atoms with Crippen LogP contribution in [0.1, 0.15) is 17.5 Å². The van der Waals surface area contributed by atoms with Crippen molar-refractivity contribution in [1.29, 1.82) is 0 Å². The van der Waals surface area contributed by atoms with Crippen molar-refractivity contribution in [3.8, 4) is 0 Å². The highest BCUT2D eigenvalue weighted by Crippen LogP contribution is 2.10. The summed E-state index contributed by atoms with van der Waals surface area (Å²) >= 11 is 0. The zero-order chi connectivity index (χ0) is 12.3. The van der Waals surface area contributed by atoms with Crippen LogP contribution in [-0.2, 0) is 22.5 Å². The van der Waals surface area contributed by atoms with Gasteiger partial charge in [-0.3, -0.25) is 0 Å². The maximum atomic E-state index is 5.19. The molecule has 1 aromatic rings. The molecule has 0 spiro atoms. The molecule has 1 rings (SSSR count). The van der Waals surface area contributed by atoms with Gasteiger partial charge < -0.3 is 14.8 Å². The van der Waals surface area contributed by atoms with Crippen LogP contribution in [0.5, 0.6) is 0 Å². The smallest absolute Gasteiger partial charge is 0.0715 e. The lowest BCUT2D eigenvalue weighted by molar-refractivity contribution is 0.184. The summed E-state index contributed by atoms with van der Waals surface area (Å²) < 4.78 is 10.2. The Balaban J connectivity index is 2.25. The first-order chi connectivity index (χ1) is 8.38. The quantitative estimate of drug-likeness (QED) is 0.666. The Bertz CT molecular complexity index is 302. The van der Waals surface area contributed by atoms with E-state index < -0.39 is 0 Å². The van der Waals surface area contributed by atoms with E-state index in [0.29, 0.717) is 6.61 Å². The van der Waals surface area contributed by atoms with E-state index in [-0.39, 0.29) is 0 Å². The van der Waals surface area contributed by atoms with Crippen LogP contribution in [0, 0.1) is 0 Å². The SMILES string of the molecule is COCCCNCCc1ccccc1COC. The summed E-state index contributed by atoms with van der Waals surface area (Å²) in [5.41, 5.74) is 2.65. The molecule has 0 aliphatic heterocycles. The molecule has 1 aromatic carbocycles. The van der Waals surface area contributed by atoms with Crippen molar-refractivity contribution in [2.75, 3.05) is 33.9 Å². The lowest BCUT2D eigenvalue weighted by atomic mass is 10.1. The highest BCUT2D eigenvalue weighted by Gasteiger charge is 2.00. The zero-order valence-electron chi connectivity index (χ0n) is 10.9. The Hall–Kier alpha value is -0.900. The van der Waals surface area contributed by atoms with Gasteiger partial charge >= 0.3 is 0 Å². The van der Waals surface area contributed by atoms with Gasteiger partial charge in [-0.1, -0.05) is 24.3 Å². The normalized spacial score (nSPS) is 10.7. The largest absolute Gasteiger partial charge is 0.385 e. The van der Waals surface area contributed by atoms with Crippen LogP contribution in [0.3, 0.4) is 0 Å². The molecule has 0 aliphatic rings. The molecule has 0 unspecified atom stereocenters.